The highest BCUT2D eigenvalue weighted by molar-refractivity contribution is 5.77. The van der Waals surface area contributed by atoms with Gasteiger partial charge in [-0.25, -0.2) is 0 Å². The van der Waals surface area contributed by atoms with Gasteiger partial charge in [-0.3, -0.25) is 4.90 Å². The average molecular weight is 298 g/mol. The molecule has 0 radical (unpaired) electrons. The summed E-state index contributed by atoms with van der Waals surface area (Å²) >= 11 is 0. The van der Waals surface area contributed by atoms with Crippen molar-refractivity contribution in [1.82, 2.24) is 10.2 Å². The minimum Gasteiger partial charge on any atom is -0.460 e. The molecule has 0 aliphatic carbocycles. The fourth-order valence-electron chi connectivity index (χ4n) is 4.41. The van der Waals surface area contributed by atoms with E-state index in [1.807, 2.05) is 12.1 Å². The lowest BCUT2D eigenvalue weighted by Gasteiger charge is -2.50. The second-order valence-electron chi connectivity index (χ2n) is 6.98. The van der Waals surface area contributed by atoms with Gasteiger partial charge in [-0.1, -0.05) is 31.5 Å². The molecule has 1 aromatic heterocycles. The van der Waals surface area contributed by atoms with Gasteiger partial charge in [-0.2, -0.15) is 0 Å². The van der Waals surface area contributed by atoms with Gasteiger partial charge < -0.3 is 9.73 Å². The molecule has 22 heavy (non-hydrogen) atoms. The topological polar surface area (TPSA) is 28.4 Å². The van der Waals surface area contributed by atoms with E-state index in [0.717, 1.165) is 42.3 Å². The summed E-state index contributed by atoms with van der Waals surface area (Å²) in [5, 5.41) is 4.81. The van der Waals surface area contributed by atoms with E-state index < -0.39 is 0 Å². The van der Waals surface area contributed by atoms with Crippen molar-refractivity contribution in [3.05, 3.63) is 36.1 Å². The first-order valence-electron chi connectivity index (χ1n) is 8.75. The van der Waals surface area contributed by atoms with Crippen molar-refractivity contribution < 1.29 is 4.42 Å². The molecular weight excluding hydrogens is 272 g/mol. The molecule has 1 aromatic carbocycles. The number of benzene rings is 1. The molecule has 2 bridgehead atoms. The van der Waals surface area contributed by atoms with Crippen LogP contribution in [0.3, 0.4) is 0 Å². The Labute approximate surface area is 132 Å². The van der Waals surface area contributed by atoms with Gasteiger partial charge in [0.05, 0.1) is 6.54 Å². The van der Waals surface area contributed by atoms with E-state index in [1.165, 1.54) is 37.7 Å². The molecule has 118 valence electrons. The standard InChI is InChI=1S/C19H26N2O/c1-2-14-13-21-8-7-15(14)9-17(21)11-20-12-18-10-16-5-3-4-6-19(16)22-18/h3-6,10,14-15,17,20H,2,7-9,11-13H2,1H3/t14-,15-,17+/m0/s1. The number of furan rings is 1. The number of piperidine rings is 3. The highest BCUT2D eigenvalue weighted by Crippen LogP contribution is 2.37. The van der Waals surface area contributed by atoms with Gasteiger partial charge in [-0.15, -0.1) is 0 Å². The summed E-state index contributed by atoms with van der Waals surface area (Å²) < 4.78 is 5.88. The molecule has 4 heterocycles. The lowest BCUT2D eigenvalue weighted by atomic mass is 9.74. The SMILES string of the molecule is CC[C@H]1CN2CC[C@H]1C[C@@H]2CNCc1cc2ccccc2o1. The van der Waals surface area contributed by atoms with Crippen LogP contribution in [0, 0.1) is 11.8 Å². The number of para-hydroxylation sites is 1. The molecule has 1 unspecified atom stereocenters. The third-order valence-corrected chi connectivity index (χ3v) is 5.69. The van der Waals surface area contributed by atoms with Gasteiger partial charge in [-0.05, 0) is 43.4 Å². The molecule has 3 aliphatic rings. The fourth-order valence-corrected chi connectivity index (χ4v) is 4.41. The van der Waals surface area contributed by atoms with E-state index in [4.69, 9.17) is 4.42 Å². The third kappa shape index (κ3) is 2.68. The van der Waals surface area contributed by atoms with Crippen LogP contribution in [0.15, 0.2) is 34.7 Å². The van der Waals surface area contributed by atoms with Crippen molar-refractivity contribution in [1.29, 1.82) is 0 Å². The number of rotatable bonds is 5. The van der Waals surface area contributed by atoms with E-state index in [2.05, 4.69) is 35.3 Å². The van der Waals surface area contributed by atoms with Crippen molar-refractivity contribution in [3.8, 4) is 0 Å². The normalized spacial score (nSPS) is 31.0. The zero-order valence-corrected chi connectivity index (χ0v) is 13.4. The maximum Gasteiger partial charge on any atom is 0.134 e. The Bertz CT molecular complexity index is 602. The zero-order chi connectivity index (χ0) is 14.9. The molecule has 5 rings (SSSR count). The van der Waals surface area contributed by atoms with Gasteiger partial charge in [0.1, 0.15) is 11.3 Å². The number of nitrogens with one attached hydrogen (secondary N) is 1. The van der Waals surface area contributed by atoms with Gasteiger partial charge in [0.15, 0.2) is 0 Å². The molecule has 3 fully saturated rings. The minimum absolute atomic E-state index is 0.728. The van der Waals surface area contributed by atoms with Gasteiger partial charge >= 0.3 is 0 Å². The number of fused-ring (bicyclic) bond motifs is 4. The minimum atomic E-state index is 0.728. The molecule has 3 saturated heterocycles. The van der Waals surface area contributed by atoms with Crippen LogP contribution < -0.4 is 5.32 Å². The number of hydrogen-bond acceptors (Lipinski definition) is 3. The Hall–Kier alpha value is -1.32. The second-order valence-corrected chi connectivity index (χ2v) is 6.98. The molecule has 0 spiro atoms. The average Bonchev–Trinajstić information content (AvgIpc) is 2.98. The van der Waals surface area contributed by atoms with Crippen LogP contribution in [0.2, 0.25) is 0 Å². The van der Waals surface area contributed by atoms with Crippen LogP contribution in [0.25, 0.3) is 11.0 Å². The van der Waals surface area contributed by atoms with E-state index in [-0.39, 0.29) is 0 Å². The first-order chi connectivity index (χ1) is 10.8. The molecule has 4 atom stereocenters. The molecule has 0 saturated carbocycles. The van der Waals surface area contributed by atoms with Crippen LogP contribution in [-0.2, 0) is 6.54 Å². The van der Waals surface area contributed by atoms with Gasteiger partial charge in [0.25, 0.3) is 0 Å². The molecule has 2 aromatic rings. The van der Waals surface area contributed by atoms with E-state index in [0.29, 0.717) is 0 Å². The third-order valence-electron chi connectivity index (χ3n) is 5.69. The van der Waals surface area contributed by atoms with Crippen molar-refractivity contribution in [2.75, 3.05) is 19.6 Å². The Balaban J connectivity index is 1.32. The predicted octanol–water partition coefficient (Wildman–Crippen LogP) is 3.64. The van der Waals surface area contributed by atoms with Crippen LogP contribution >= 0.6 is 0 Å². The Morgan fingerprint density at radius 2 is 2.23 bits per heavy atom. The predicted molar refractivity (Wildman–Crippen MR) is 89.8 cm³/mol. The maximum atomic E-state index is 5.88. The van der Waals surface area contributed by atoms with E-state index >= 15 is 0 Å². The Kier molecular flexibility index (Phi) is 3.93. The summed E-state index contributed by atoms with van der Waals surface area (Å²) in [5.74, 6) is 2.96. The van der Waals surface area contributed by atoms with Crippen molar-refractivity contribution >= 4 is 11.0 Å². The van der Waals surface area contributed by atoms with Crippen molar-refractivity contribution in [2.24, 2.45) is 11.8 Å². The summed E-state index contributed by atoms with van der Waals surface area (Å²) in [6, 6.07) is 11.1. The molecule has 3 nitrogen and oxygen atoms in total. The molecule has 0 amide bonds. The zero-order valence-electron chi connectivity index (χ0n) is 13.4. The van der Waals surface area contributed by atoms with Gasteiger partial charge in [0, 0.05) is 24.5 Å². The first-order valence-corrected chi connectivity index (χ1v) is 8.75. The highest BCUT2D eigenvalue weighted by atomic mass is 16.3. The van der Waals surface area contributed by atoms with Crippen LogP contribution in [-0.4, -0.2) is 30.6 Å². The highest BCUT2D eigenvalue weighted by Gasteiger charge is 2.38. The molecule has 1 N–H and O–H groups in total. The lowest BCUT2D eigenvalue weighted by molar-refractivity contribution is 0.000215. The fraction of sp³-hybridized carbons (Fsp3) is 0.579. The monoisotopic (exact) mass is 298 g/mol. The molecule has 3 aliphatic heterocycles. The summed E-state index contributed by atoms with van der Waals surface area (Å²) in [5.41, 5.74) is 0.991. The smallest absolute Gasteiger partial charge is 0.134 e. The van der Waals surface area contributed by atoms with E-state index in [1.54, 1.807) is 0 Å². The Morgan fingerprint density at radius 1 is 1.32 bits per heavy atom. The van der Waals surface area contributed by atoms with Crippen LogP contribution in [0.5, 0.6) is 0 Å². The lowest BCUT2D eigenvalue weighted by Crippen LogP contribution is -2.56. The number of nitrogens with zero attached hydrogens (tertiary/aromatic N) is 1. The Morgan fingerprint density at radius 3 is 3.00 bits per heavy atom. The summed E-state index contributed by atoms with van der Waals surface area (Å²) in [7, 11) is 0. The van der Waals surface area contributed by atoms with Crippen molar-refractivity contribution in [2.45, 2.75) is 38.8 Å². The molecule has 3 heteroatoms. The second kappa shape index (κ2) is 6.05. The summed E-state index contributed by atoms with van der Waals surface area (Å²) in [4.78, 5) is 2.71. The van der Waals surface area contributed by atoms with Gasteiger partial charge in [0.2, 0.25) is 0 Å². The summed E-state index contributed by atoms with van der Waals surface area (Å²) in [6.07, 6.45) is 4.14. The maximum absolute atomic E-state index is 5.88. The van der Waals surface area contributed by atoms with Crippen LogP contribution in [0.4, 0.5) is 0 Å². The van der Waals surface area contributed by atoms with E-state index in [9.17, 15) is 0 Å². The van der Waals surface area contributed by atoms with Crippen LogP contribution in [0.1, 0.15) is 31.9 Å². The summed E-state index contributed by atoms with van der Waals surface area (Å²) in [6.45, 7) is 6.89. The first kappa shape index (κ1) is 14.3. The molecular formula is C19H26N2O. The van der Waals surface area contributed by atoms with Crippen molar-refractivity contribution in [3.63, 3.8) is 0 Å². The largest absolute Gasteiger partial charge is 0.460 e. The quantitative estimate of drug-likeness (QED) is 0.913. The number of hydrogen-bond donors (Lipinski definition) is 1.